The number of benzene rings is 2. The SMILES string of the molecule is O=C(NCCO)c1cnc(Nc2ccc(Oc3ncccc3F)cc2)n(Cc2ccc(Cl)cc2)c1=O. The molecule has 4 rings (SSSR count). The second-order valence-electron chi connectivity index (χ2n) is 7.53. The van der Waals surface area contributed by atoms with Crippen molar-refractivity contribution in [1.82, 2.24) is 19.9 Å². The highest BCUT2D eigenvalue weighted by Crippen LogP contribution is 2.24. The minimum Gasteiger partial charge on any atom is -0.436 e. The highest BCUT2D eigenvalue weighted by molar-refractivity contribution is 6.30. The highest BCUT2D eigenvalue weighted by Gasteiger charge is 2.17. The zero-order chi connectivity index (χ0) is 25.5. The Kier molecular flexibility index (Phi) is 7.89. The van der Waals surface area contributed by atoms with Gasteiger partial charge in [-0.2, -0.15) is 0 Å². The molecule has 0 aliphatic rings. The van der Waals surface area contributed by atoms with Crippen LogP contribution in [-0.4, -0.2) is 38.7 Å². The van der Waals surface area contributed by atoms with Crippen molar-refractivity contribution in [2.75, 3.05) is 18.5 Å². The standard InChI is InChI=1S/C25H21ClFN5O4/c26-17-5-3-16(4-6-17)15-32-24(35)20(22(34)28-12-13-33)14-30-25(32)31-18-7-9-19(10-8-18)36-23-21(27)2-1-11-29-23/h1-11,14,33H,12-13,15H2,(H,28,34)(H,30,31). The zero-order valence-electron chi connectivity index (χ0n) is 18.8. The van der Waals surface area contributed by atoms with Crippen LogP contribution in [0, 0.1) is 5.82 Å². The second-order valence-corrected chi connectivity index (χ2v) is 7.97. The predicted octanol–water partition coefficient (Wildman–Crippen LogP) is 3.74. The van der Waals surface area contributed by atoms with Crippen LogP contribution in [0.1, 0.15) is 15.9 Å². The summed E-state index contributed by atoms with van der Waals surface area (Å²) in [6.07, 6.45) is 2.60. The third-order valence-electron chi connectivity index (χ3n) is 4.99. The Labute approximate surface area is 210 Å². The Morgan fingerprint density at radius 2 is 1.83 bits per heavy atom. The van der Waals surface area contributed by atoms with Gasteiger partial charge >= 0.3 is 0 Å². The molecule has 0 saturated heterocycles. The summed E-state index contributed by atoms with van der Waals surface area (Å²) in [5.41, 5.74) is 0.603. The lowest BCUT2D eigenvalue weighted by atomic mass is 10.2. The van der Waals surface area contributed by atoms with Gasteiger partial charge in [0.2, 0.25) is 5.95 Å². The minimum absolute atomic E-state index is 0.00623. The molecule has 0 bridgehead atoms. The van der Waals surface area contributed by atoms with Crippen molar-refractivity contribution in [3.8, 4) is 11.6 Å². The van der Waals surface area contributed by atoms with Crippen molar-refractivity contribution >= 4 is 29.1 Å². The van der Waals surface area contributed by atoms with Gasteiger partial charge in [0, 0.05) is 29.6 Å². The van der Waals surface area contributed by atoms with E-state index >= 15 is 0 Å². The molecule has 184 valence electrons. The molecule has 2 aromatic carbocycles. The van der Waals surface area contributed by atoms with E-state index in [0.29, 0.717) is 16.5 Å². The maximum atomic E-state index is 13.8. The molecule has 0 aliphatic carbocycles. The topological polar surface area (TPSA) is 118 Å². The third kappa shape index (κ3) is 6.04. The van der Waals surface area contributed by atoms with Crippen molar-refractivity contribution < 1.29 is 19.0 Å². The maximum absolute atomic E-state index is 13.8. The molecule has 2 aromatic heterocycles. The van der Waals surface area contributed by atoms with E-state index in [0.717, 1.165) is 5.56 Å². The first kappa shape index (κ1) is 24.8. The van der Waals surface area contributed by atoms with Crippen molar-refractivity contribution in [1.29, 1.82) is 0 Å². The molecule has 2 heterocycles. The number of hydrogen-bond acceptors (Lipinski definition) is 7. The van der Waals surface area contributed by atoms with E-state index in [1.54, 1.807) is 48.5 Å². The van der Waals surface area contributed by atoms with Gasteiger partial charge < -0.3 is 20.5 Å². The molecule has 11 heteroatoms. The van der Waals surface area contributed by atoms with E-state index in [2.05, 4.69) is 20.6 Å². The molecule has 0 fully saturated rings. The number of hydrogen-bond donors (Lipinski definition) is 3. The second kappa shape index (κ2) is 11.4. The lowest BCUT2D eigenvalue weighted by Crippen LogP contribution is -2.35. The van der Waals surface area contributed by atoms with E-state index in [4.69, 9.17) is 21.4 Å². The molecule has 0 spiro atoms. The number of ether oxygens (including phenoxy) is 1. The molecule has 0 atom stereocenters. The molecule has 1 amide bonds. The summed E-state index contributed by atoms with van der Waals surface area (Å²) < 4.78 is 20.6. The third-order valence-corrected chi connectivity index (χ3v) is 5.24. The van der Waals surface area contributed by atoms with Crippen molar-refractivity contribution in [2.24, 2.45) is 0 Å². The fourth-order valence-corrected chi connectivity index (χ4v) is 3.35. The Morgan fingerprint density at radius 3 is 2.53 bits per heavy atom. The quantitative estimate of drug-likeness (QED) is 0.314. The Hall–Kier alpha value is -4.28. The minimum atomic E-state index is -0.638. The number of pyridine rings is 1. The average molecular weight is 510 g/mol. The lowest BCUT2D eigenvalue weighted by molar-refractivity contribution is 0.0942. The molecule has 4 aromatic rings. The van der Waals surface area contributed by atoms with Crippen LogP contribution >= 0.6 is 11.6 Å². The number of aliphatic hydroxyl groups excluding tert-OH is 1. The normalized spacial score (nSPS) is 10.6. The van der Waals surface area contributed by atoms with Crippen LogP contribution in [-0.2, 0) is 6.54 Å². The predicted molar refractivity (Wildman–Crippen MR) is 132 cm³/mol. The zero-order valence-corrected chi connectivity index (χ0v) is 19.6. The van der Waals surface area contributed by atoms with Gasteiger partial charge in [0.25, 0.3) is 17.3 Å². The number of carbonyl (C=O) groups excluding carboxylic acids is 1. The van der Waals surface area contributed by atoms with Gasteiger partial charge in [0.15, 0.2) is 5.82 Å². The highest BCUT2D eigenvalue weighted by atomic mass is 35.5. The number of nitrogens with one attached hydrogen (secondary N) is 2. The molecule has 0 aliphatic heterocycles. The van der Waals surface area contributed by atoms with Crippen LogP contribution < -0.4 is 20.9 Å². The smallest absolute Gasteiger partial charge is 0.268 e. The molecule has 0 saturated carbocycles. The van der Waals surface area contributed by atoms with Crippen molar-refractivity contribution in [3.63, 3.8) is 0 Å². The fourth-order valence-electron chi connectivity index (χ4n) is 3.22. The van der Waals surface area contributed by atoms with E-state index in [1.807, 2.05) is 0 Å². The largest absolute Gasteiger partial charge is 0.436 e. The van der Waals surface area contributed by atoms with E-state index in [-0.39, 0.29) is 37.1 Å². The molecular weight excluding hydrogens is 489 g/mol. The Bertz CT molecular complexity index is 1410. The van der Waals surface area contributed by atoms with E-state index in [1.165, 1.54) is 29.1 Å². The number of rotatable bonds is 9. The van der Waals surface area contributed by atoms with Gasteiger partial charge in [-0.15, -0.1) is 0 Å². The van der Waals surface area contributed by atoms with Crippen LogP contribution in [0.5, 0.6) is 11.6 Å². The number of anilines is 2. The summed E-state index contributed by atoms with van der Waals surface area (Å²) in [5, 5.41) is 15.0. The number of aromatic nitrogens is 3. The molecule has 0 radical (unpaired) electrons. The first-order valence-electron chi connectivity index (χ1n) is 10.8. The summed E-state index contributed by atoms with van der Waals surface area (Å²) in [7, 11) is 0. The van der Waals surface area contributed by atoms with Crippen LogP contribution in [0.25, 0.3) is 0 Å². The van der Waals surface area contributed by atoms with Gasteiger partial charge in [-0.1, -0.05) is 23.7 Å². The van der Waals surface area contributed by atoms with Gasteiger partial charge in [0.05, 0.1) is 13.2 Å². The first-order valence-corrected chi connectivity index (χ1v) is 11.2. The number of carbonyl (C=O) groups is 1. The van der Waals surface area contributed by atoms with Gasteiger partial charge in [-0.3, -0.25) is 14.2 Å². The first-order chi connectivity index (χ1) is 17.4. The van der Waals surface area contributed by atoms with Crippen LogP contribution in [0.15, 0.2) is 77.9 Å². The molecule has 3 N–H and O–H groups in total. The number of aliphatic hydroxyl groups is 1. The fraction of sp³-hybridized carbons (Fsp3) is 0.120. The van der Waals surface area contributed by atoms with Crippen LogP contribution in [0.3, 0.4) is 0 Å². The van der Waals surface area contributed by atoms with Gasteiger partial charge in [-0.25, -0.2) is 14.4 Å². The van der Waals surface area contributed by atoms with Crippen molar-refractivity contribution in [3.05, 3.63) is 105 Å². The average Bonchev–Trinajstić information content (AvgIpc) is 2.88. The Morgan fingerprint density at radius 1 is 1.08 bits per heavy atom. The summed E-state index contributed by atoms with van der Waals surface area (Å²) in [4.78, 5) is 33.8. The summed E-state index contributed by atoms with van der Waals surface area (Å²) in [6, 6.07) is 16.2. The van der Waals surface area contributed by atoms with E-state index < -0.39 is 17.3 Å². The monoisotopic (exact) mass is 509 g/mol. The number of halogens is 2. The summed E-state index contributed by atoms with van der Waals surface area (Å²) >= 11 is 5.97. The van der Waals surface area contributed by atoms with Crippen LogP contribution in [0.2, 0.25) is 5.02 Å². The Balaban J connectivity index is 1.61. The van der Waals surface area contributed by atoms with Gasteiger partial charge in [-0.05, 0) is 54.1 Å². The summed E-state index contributed by atoms with van der Waals surface area (Å²) in [6.45, 7) is -0.136. The molecule has 9 nitrogen and oxygen atoms in total. The maximum Gasteiger partial charge on any atom is 0.268 e. The van der Waals surface area contributed by atoms with Crippen LogP contribution in [0.4, 0.5) is 16.0 Å². The number of amides is 1. The number of nitrogens with zero attached hydrogens (tertiary/aromatic N) is 3. The van der Waals surface area contributed by atoms with Crippen molar-refractivity contribution in [2.45, 2.75) is 6.54 Å². The molecule has 36 heavy (non-hydrogen) atoms. The lowest BCUT2D eigenvalue weighted by Gasteiger charge is -2.15. The molecule has 0 unspecified atom stereocenters. The molecular formula is C25H21ClFN5O4. The summed E-state index contributed by atoms with van der Waals surface area (Å²) in [5.74, 6) is -0.815. The van der Waals surface area contributed by atoms with E-state index in [9.17, 15) is 14.0 Å². The van der Waals surface area contributed by atoms with Gasteiger partial charge in [0.1, 0.15) is 11.3 Å².